The molecule has 1 aromatic heterocycles. The predicted octanol–water partition coefficient (Wildman–Crippen LogP) is 2.94. The van der Waals surface area contributed by atoms with Crippen LogP contribution in [0.4, 0.5) is 0 Å². The number of hydrogen-bond donors (Lipinski definition) is 0. The molecule has 1 atom stereocenters. The molecule has 6 heteroatoms. The molecule has 94 valence electrons. The number of rotatable bonds is 4. The number of carbonyl (C=O) groups excluding carboxylic acids is 1. The minimum Gasteiger partial charge on any atom is -0.312 e. The number of hydrogen-bond acceptors (Lipinski definition) is 4. The zero-order valence-corrected chi connectivity index (χ0v) is 12.4. The van der Waals surface area contributed by atoms with Crippen molar-refractivity contribution >= 4 is 33.5 Å². The van der Waals surface area contributed by atoms with Crippen molar-refractivity contribution in [2.45, 2.75) is 17.3 Å². The third kappa shape index (κ3) is 3.00. The van der Waals surface area contributed by atoms with Crippen LogP contribution in [0.5, 0.6) is 0 Å². The van der Waals surface area contributed by atoms with E-state index < -0.39 is 0 Å². The molecule has 0 amide bonds. The van der Waals surface area contributed by atoms with Gasteiger partial charge in [-0.2, -0.15) is 0 Å². The van der Waals surface area contributed by atoms with Crippen molar-refractivity contribution in [2.75, 3.05) is 0 Å². The topological polar surface area (TPSA) is 47.8 Å². The third-order valence-electron chi connectivity index (χ3n) is 2.45. The van der Waals surface area contributed by atoms with E-state index in [1.54, 1.807) is 10.9 Å². The second-order valence-electron chi connectivity index (χ2n) is 3.86. The lowest BCUT2D eigenvalue weighted by atomic mass is 10.1. The second kappa shape index (κ2) is 5.67. The maximum absolute atomic E-state index is 12.2. The molecule has 0 fully saturated rings. The van der Waals surface area contributed by atoms with E-state index in [9.17, 15) is 4.79 Å². The van der Waals surface area contributed by atoms with Crippen LogP contribution < -0.4 is 0 Å². The largest absolute Gasteiger partial charge is 0.312 e. The molecule has 0 bridgehead atoms. The Morgan fingerprint density at radius 3 is 2.61 bits per heavy atom. The van der Waals surface area contributed by atoms with E-state index in [-0.39, 0.29) is 11.0 Å². The van der Waals surface area contributed by atoms with E-state index in [0.717, 1.165) is 9.63 Å². The Balaban J connectivity index is 2.09. The van der Waals surface area contributed by atoms with E-state index in [0.29, 0.717) is 5.56 Å². The van der Waals surface area contributed by atoms with Crippen LogP contribution in [-0.2, 0) is 7.05 Å². The number of aromatic nitrogens is 3. The fourth-order valence-corrected chi connectivity index (χ4v) is 2.57. The van der Waals surface area contributed by atoms with Crippen LogP contribution in [0.2, 0.25) is 0 Å². The first kappa shape index (κ1) is 13.3. The molecule has 0 saturated heterocycles. The van der Waals surface area contributed by atoms with Gasteiger partial charge in [0.1, 0.15) is 6.33 Å². The predicted molar refractivity (Wildman–Crippen MR) is 74.8 cm³/mol. The van der Waals surface area contributed by atoms with Crippen LogP contribution in [0.3, 0.4) is 0 Å². The molecule has 1 aromatic carbocycles. The van der Waals surface area contributed by atoms with Crippen molar-refractivity contribution in [3.63, 3.8) is 0 Å². The molecule has 0 aliphatic heterocycles. The minimum absolute atomic E-state index is 0.0931. The fraction of sp³-hybridized carbons (Fsp3) is 0.250. The Kier molecular flexibility index (Phi) is 4.19. The number of thioether (sulfide) groups is 1. The quantitative estimate of drug-likeness (QED) is 0.640. The summed E-state index contributed by atoms with van der Waals surface area (Å²) < 4.78 is 2.77. The maximum atomic E-state index is 12.2. The second-order valence-corrected chi connectivity index (χ2v) is 6.08. The number of aryl methyl sites for hydroxylation is 1. The van der Waals surface area contributed by atoms with Crippen molar-refractivity contribution < 1.29 is 4.79 Å². The molecule has 0 aliphatic carbocycles. The lowest BCUT2D eigenvalue weighted by molar-refractivity contribution is 0.0994. The normalized spacial score (nSPS) is 12.4. The Morgan fingerprint density at radius 2 is 2.06 bits per heavy atom. The maximum Gasteiger partial charge on any atom is 0.191 e. The smallest absolute Gasteiger partial charge is 0.191 e. The zero-order chi connectivity index (χ0) is 13.1. The molecule has 0 saturated carbocycles. The van der Waals surface area contributed by atoms with Gasteiger partial charge in [-0.3, -0.25) is 4.79 Å². The van der Waals surface area contributed by atoms with E-state index in [2.05, 4.69) is 26.1 Å². The summed E-state index contributed by atoms with van der Waals surface area (Å²) in [6, 6.07) is 7.38. The molecular weight excluding hydrogens is 314 g/mol. The van der Waals surface area contributed by atoms with Crippen LogP contribution in [-0.4, -0.2) is 25.8 Å². The zero-order valence-electron chi connectivity index (χ0n) is 10.0. The Labute approximate surface area is 118 Å². The fourth-order valence-electron chi connectivity index (χ4n) is 1.44. The minimum atomic E-state index is -0.186. The summed E-state index contributed by atoms with van der Waals surface area (Å²) >= 11 is 4.76. The van der Waals surface area contributed by atoms with Gasteiger partial charge in [-0.05, 0) is 19.1 Å². The van der Waals surface area contributed by atoms with Gasteiger partial charge in [0.2, 0.25) is 0 Å². The SMILES string of the molecule is C[C@H](Sc1nncn1C)C(=O)c1ccc(Br)cc1. The molecule has 2 aromatic rings. The number of halogens is 1. The Bertz CT molecular complexity index is 553. The molecule has 4 nitrogen and oxygen atoms in total. The van der Waals surface area contributed by atoms with E-state index in [4.69, 9.17) is 0 Å². The summed E-state index contributed by atoms with van der Waals surface area (Å²) in [5.41, 5.74) is 0.709. The van der Waals surface area contributed by atoms with Crippen LogP contribution in [0.1, 0.15) is 17.3 Å². The van der Waals surface area contributed by atoms with Gasteiger partial charge < -0.3 is 4.57 Å². The van der Waals surface area contributed by atoms with Crippen LogP contribution in [0.15, 0.2) is 40.2 Å². The number of ketones is 1. The molecule has 18 heavy (non-hydrogen) atoms. The van der Waals surface area contributed by atoms with Crippen LogP contribution in [0.25, 0.3) is 0 Å². The summed E-state index contributed by atoms with van der Waals surface area (Å²) in [5, 5.41) is 8.31. The number of Topliss-reactive ketones (excluding diaryl/α,β-unsaturated/α-hetero) is 1. The van der Waals surface area contributed by atoms with Gasteiger partial charge in [0.05, 0.1) is 5.25 Å². The van der Waals surface area contributed by atoms with Gasteiger partial charge in [0.15, 0.2) is 10.9 Å². The van der Waals surface area contributed by atoms with Crippen molar-refractivity contribution in [1.82, 2.24) is 14.8 Å². The first-order chi connectivity index (χ1) is 8.58. The van der Waals surface area contributed by atoms with E-state index >= 15 is 0 Å². The van der Waals surface area contributed by atoms with Gasteiger partial charge >= 0.3 is 0 Å². The molecular formula is C12H12BrN3OS. The molecule has 0 N–H and O–H groups in total. The molecule has 0 aliphatic rings. The third-order valence-corrected chi connectivity index (χ3v) is 4.13. The number of nitrogens with zero attached hydrogens (tertiary/aromatic N) is 3. The van der Waals surface area contributed by atoms with Gasteiger partial charge in [-0.15, -0.1) is 10.2 Å². The lowest BCUT2D eigenvalue weighted by Crippen LogP contribution is -2.14. The molecule has 1 heterocycles. The van der Waals surface area contributed by atoms with Crippen LogP contribution in [0, 0.1) is 0 Å². The summed E-state index contributed by atoms with van der Waals surface area (Å²) in [4.78, 5) is 12.2. The number of carbonyl (C=O) groups is 1. The highest BCUT2D eigenvalue weighted by Gasteiger charge is 2.18. The molecule has 0 radical (unpaired) electrons. The molecule has 0 spiro atoms. The van der Waals surface area contributed by atoms with Crippen LogP contribution >= 0.6 is 27.7 Å². The Morgan fingerprint density at radius 1 is 1.39 bits per heavy atom. The standard InChI is InChI=1S/C12H12BrN3OS/c1-8(18-12-15-14-7-16(12)2)11(17)9-3-5-10(13)6-4-9/h3-8H,1-2H3/t8-/m0/s1. The van der Waals surface area contributed by atoms with Gasteiger partial charge in [0, 0.05) is 17.1 Å². The number of benzene rings is 1. The van der Waals surface area contributed by atoms with Gasteiger partial charge in [-0.1, -0.05) is 39.8 Å². The molecule has 2 rings (SSSR count). The summed E-state index contributed by atoms with van der Waals surface area (Å²) in [7, 11) is 1.86. The molecule has 0 unspecified atom stereocenters. The average molecular weight is 326 g/mol. The van der Waals surface area contributed by atoms with Gasteiger partial charge in [-0.25, -0.2) is 0 Å². The summed E-state index contributed by atoms with van der Waals surface area (Å²) in [6.07, 6.45) is 1.62. The lowest BCUT2D eigenvalue weighted by Gasteiger charge is -2.09. The highest BCUT2D eigenvalue weighted by atomic mass is 79.9. The van der Waals surface area contributed by atoms with E-state index in [1.807, 2.05) is 38.2 Å². The first-order valence-electron chi connectivity index (χ1n) is 5.38. The first-order valence-corrected chi connectivity index (χ1v) is 7.05. The van der Waals surface area contributed by atoms with Crippen molar-refractivity contribution in [2.24, 2.45) is 7.05 Å². The van der Waals surface area contributed by atoms with Crippen molar-refractivity contribution in [3.05, 3.63) is 40.6 Å². The van der Waals surface area contributed by atoms with Crippen molar-refractivity contribution in [3.8, 4) is 0 Å². The monoisotopic (exact) mass is 325 g/mol. The Hall–Kier alpha value is -1.14. The highest BCUT2D eigenvalue weighted by Crippen LogP contribution is 2.23. The average Bonchev–Trinajstić information content (AvgIpc) is 2.75. The van der Waals surface area contributed by atoms with Crippen molar-refractivity contribution in [1.29, 1.82) is 0 Å². The summed E-state index contributed by atoms with van der Waals surface area (Å²) in [5.74, 6) is 0.0931. The van der Waals surface area contributed by atoms with Gasteiger partial charge in [0.25, 0.3) is 0 Å². The summed E-state index contributed by atoms with van der Waals surface area (Å²) in [6.45, 7) is 1.88. The van der Waals surface area contributed by atoms with E-state index in [1.165, 1.54) is 11.8 Å². The highest BCUT2D eigenvalue weighted by molar-refractivity contribution is 9.10.